The van der Waals surface area contributed by atoms with Gasteiger partial charge in [-0.15, -0.1) is 11.8 Å². The summed E-state index contributed by atoms with van der Waals surface area (Å²) >= 11 is 3.73. The van der Waals surface area contributed by atoms with Gasteiger partial charge in [0.15, 0.2) is 0 Å². The van der Waals surface area contributed by atoms with Gasteiger partial charge in [0.2, 0.25) is 0 Å². The zero-order valence-corrected chi connectivity index (χ0v) is 18.8. The quantitative estimate of drug-likeness (QED) is 0.165. The number of carboxylic acids is 1. The topological polar surface area (TPSA) is 95.9 Å². The summed E-state index contributed by atoms with van der Waals surface area (Å²) in [5.74, 6) is -0.950. The Bertz CT molecular complexity index is 870. The lowest BCUT2D eigenvalue weighted by atomic mass is 10.0. The molecule has 6 nitrogen and oxygen atoms in total. The highest BCUT2D eigenvalue weighted by Gasteiger charge is 2.20. The first-order chi connectivity index (χ1) is 13.9. The summed E-state index contributed by atoms with van der Waals surface area (Å²) in [5, 5.41) is 21.6. The number of phenolic OH excluding ortho intramolecular Hbond substituents is 1. The van der Waals surface area contributed by atoms with Crippen LogP contribution in [0, 0.1) is 3.57 Å². The van der Waals surface area contributed by atoms with Crippen LogP contribution in [0.4, 0.5) is 10.5 Å². The molecule has 0 aromatic heterocycles. The number of aromatic hydroxyl groups is 1. The van der Waals surface area contributed by atoms with Crippen molar-refractivity contribution in [2.24, 2.45) is 0 Å². The van der Waals surface area contributed by atoms with Gasteiger partial charge in [0, 0.05) is 25.8 Å². The molecular weight excluding hydrogens is 505 g/mol. The number of allylic oxidation sites excluding steroid dienone is 1. The lowest BCUT2D eigenvalue weighted by molar-refractivity contribution is -0.131. The monoisotopic (exact) mass is 527 g/mol. The normalized spacial score (nSPS) is 11.9. The zero-order valence-electron chi connectivity index (χ0n) is 15.8. The van der Waals surface area contributed by atoms with E-state index in [9.17, 15) is 14.7 Å². The number of hydrogen-bond acceptors (Lipinski definition) is 5. The van der Waals surface area contributed by atoms with Crippen LogP contribution in [0.3, 0.4) is 0 Å². The number of amides is 1. The van der Waals surface area contributed by atoms with Gasteiger partial charge in [0.25, 0.3) is 0 Å². The second-order valence-electron chi connectivity index (χ2n) is 6.12. The molecule has 0 aliphatic carbocycles. The number of ether oxygens (including phenoxy) is 1. The Kier molecular flexibility index (Phi) is 9.33. The number of thioether (sulfide) groups is 1. The fraction of sp³-hybridized carbons (Fsp3) is 0.238. The van der Waals surface area contributed by atoms with Gasteiger partial charge in [0.1, 0.15) is 11.9 Å². The lowest BCUT2D eigenvalue weighted by Crippen LogP contribution is -2.18. The Morgan fingerprint density at radius 1 is 1.24 bits per heavy atom. The molecule has 1 amide bonds. The van der Waals surface area contributed by atoms with Crippen molar-refractivity contribution >= 4 is 52.1 Å². The Hall–Kier alpha value is -2.20. The molecule has 0 aliphatic heterocycles. The fourth-order valence-corrected chi connectivity index (χ4v) is 3.54. The number of phenols is 1. The number of carboxylic acid groups (broad SMARTS) is 1. The standard InChI is InChI=1S/C21H22INO5S/c1-29-16-10-8-15(9-11-16)23-21(27)28-19(5-3-2-4-6-20(25)26)17-13-14(22)7-12-18(17)24/h4,6-13,19,24H,2-3,5H2,1H3,(H,23,27)(H,25,26)/b6-4+/t19-/m1/s1. The van der Waals surface area contributed by atoms with Crippen LogP contribution in [0.5, 0.6) is 5.75 Å². The summed E-state index contributed by atoms with van der Waals surface area (Å²) in [6.45, 7) is 0. The Morgan fingerprint density at radius 2 is 1.97 bits per heavy atom. The molecule has 0 fully saturated rings. The molecule has 2 rings (SSSR count). The van der Waals surface area contributed by atoms with Crippen LogP contribution in [-0.4, -0.2) is 28.5 Å². The largest absolute Gasteiger partial charge is 0.508 e. The third-order valence-corrected chi connectivity index (χ3v) is 5.43. The molecule has 0 heterocycles. The van der Waals surface area contributed by atoms with E-state index in [2.05, 4.69) is 27.9 Å². The minimum Gasteiger partial charge on any atom is -0.508 e. The van der Waals surface area contributed by atoms with Gasteiger partial charge in [0.05, 0.1) is 0 Å². The van der Waals surface area contributed by atoms with Crippen molar-refractivity contribution in [2.45, 2.75) is 30.3 Å². The van der Waals surface area contributed by atoms with E-state index in [1.54, 1.807) is 48.2 Å². The van der Waals surface area contributed by atoms with Crippen molar-refractivity contribution in [1.82, 2.24) is 0 Å². The van der Waals surface area contributed by atoms with Crippen LogP contribution >= 0.6 is 34.4 Å². The first kappa shape index (κ1) is 23.1. The minimum atomic E-state index is -1.00. The van der Waals surface area contributed by atoms with E-state index in [4.69, 9.17) is 9.84 Å². The van der Waals surface area contributed by atoms with Crippen molar-refractivity contribution in [3.05, 3.63) is 63.8 Å². The maximum atomic E-state index is 12.4. The number of halogens is 1. The van der Waals surface area contributed by atoms with Gasteiger partial charge in [-0.05, 0) is 90.6 Å². The number of rotatable bonds is 9. The predicted octanol–water partition coefficient (Wildman–Crippen LogP) is 5.82. The first-order valence-corrected chi connectivity index (χ1v) is 11.2. The van der Waals surface area contributed by atoms with Gasteiger partial charge >= 0.3 is 12.1 Å². The van der Waals surface area contributed by atoms with Crippen molar-refractivity contribution < 1.29 is 24.5 Å². The van der Waals surface area contributed by atoms with E-state index in [1.165, 1.54) is 0 Å². The van der Waals surface area contributed by atoms with Gasteiger partial charge in [-0.1, -0.05) is 6.08 Å². The summed E-state index contributed by atoms with van der Waals surface area (Å²) in [6.07, 6.45) is 4.89. The molecule has 0 bridgehead atoms. The van der Waals surface area contributed by atoms with Gasteiger partial charge in [-0.3, -0.25) is 5.32 Å². The van der Waals surface area contributed by atoms with Gasteiger partial charge < -0.3 is 14.9 Å². The number of anilines is 1. The summed E-state index contributed by atoms with van der Waals surface area (Å²) in [4.78, 5) is 24.1. The molecule has 2 aromatic carbocycles. The van der Waals surface area contributed by atoms with Crippen LogP contribution in [0.15, 0.2) is 59.5 Å². The molecule has 2 aromatic rings. The molecule has 0 spiro atoms. The molecule has 0 saturated carbocycles. The predicted molar refractivity (Wildman–Crippen MR) is 123 cm³/mol. The van der Waals surface area contributed by atoms with Gasteiger partial charge in [-0.2, -0.15) is 0 Å². The SMILES string of the molecule is CSc1ccc(NC(=O)O[C@H](CCC/C=C/C(=O)O)c2cc(I)ccc2O)cc1. The highest BCUT2D eigenvalue weighted by Crippen LogP contribution is 2.32. The second-order valence-corrected chi connectivity index (χ2v) is 8.25. The summed E-state index contributed by atoms with van der Waals surface area (Å²) in [7, 11) is 0. The van der Waals surface area contributed by atoms with E-state index in [0.717, 1.165) is 14.5 Å². The van der Waals surface area contributed by atoms with Crippen molar-refractivity contribution in [2.75, 3.05) is 11.6 Å². The van der Waals surface area contributed by atoms with Crippen LogP contribution in [-0.2, 0) is 9.53 Å². The molecular formula is C21H22INO5S. The molecule has 154 valence electrons. The van der Waals surface area contributed by atoms with Crippen molar-refractivity contribution in [1.29, 1.82) is 0 Å². The minimum absolute atomic E-state index is 0.0496. The van der Waals surface area contributed by atoms with Crippen LogP contribution < -0.4 is 5.32 Å². The van der Waals surface area contributed by atoms with E-state index in [-0.39, 0.29) is 5.75 Å². The molecule has 8 heteroatoms. The number of hydrogen-bond donors (Lipinski definition) is 3. The molecule has 0 aliphatic rings. The molecule has 0 radical (unpaired) electrons. The van der Waals surface area contributed by atoms with Gasteiger partial charge in [-0.25, -0.2) is 9.59 Å². The van der Waals surface area contributed by atoms with E-state index in [0.29, 0.717) is 30.5 Å². The van der Waals surface area contributed by atoms with Crippen molar-refractivity contribution in [3.8, 4) is 5.75 Å². The maximum Gasteiger partial charge on any atom is 0.412 e. The van der Waals surface area contributed by atoms with Crippen LogP contribution in [0.25, 0.3) is 0 Å². The second kappa shape index (κ2) is 11.7. The number of carbonyl (C=O) groups is 2. The summed E-state index contributed by atoms with van der Waals surface area (Å²) < 4.78 is 6.51. The molecule has 1 atom stereocenters. The number of aliphatic carboxylic acids is 1. The molecule has 29 heavy (non-hydrogen) atoms. The third-order valence-electron chi connectivity index (χ3n) is 4.02. The Labute approximate surface area is 187 Å². The number of nitrogens with one attached hydrogen (secondary N) is 1. The number of benzene rings is 2. The average molecular weight is 527 g/mol. The third kappa shape index (κ3) is 7.98. The highest BCUT2D eigenvalue weighted by atomic mass is 127. The van der Waals surface area contributed by atoms with E-state index in [1.807, 2.05) is 18.4 Å². The van der Waals surface area contributed by atoms with Crippen molar-refractivity contribution in [3.63, 3.8) is 0 Å². The average Bonchev–Trinajstić information content (AvgIpc) is 2.69. The molecule has 0 unspecified atom stereocenters. The van der Waals surface area contributed by atoms with E-state index >= 15 is 0 Å². The van der Waals surface area contributed by atoms with Crippen LogP contribution in [0.1, 0.15) is 30.9 Å². The Morgan fingerprint density at radius 3 is 2.62 bits per heavy atom. The first-order valence-electron chi connectivity index (χ1n) is 8.88. The number of carbonyl (C=O) groups excluding carboxylic acids is 1. The van der Waals surface area contributed by atoms with Crippen LogP contribution in [0.2, 0.25) is 0 Å². The number of unbranched alkanes of at least 4 members (excludes halogenated alkanes) is 1. The highest BCUT2D eigenvalue weighted by molar-refractivity contribution is 14.1. The lowest BCUT2D eigenvalue weighted by Gasteiger charge is -2.20. The Balaban J connectivity index is 2.07. The summed E-state index contributed by atoms with van der Waals surface area (Å²) in [5.41, 5.74) is 1.13. The fourth-order valence-electron chi connectivity index (χ4n) is 2.62. The smallest absolute Gasteiger partial charge is 0.412 e. The molecule has 0 saturated heterocycles. The molecule has 3 N–H and O–H groups in total. The summed E-state index contributed by atoms with van der Waals surface area (Å²) in [6, 6.07) is 12.5. The van der Waals surface area contributed by atoms with E-state index < -0.39 is 18.2 Å². The maximum absolute atomic E-state index is 12.4. The zero-order chi connectivity index (χ0) is 21.2.